The van der Waals surface area contributed by atoms with Crippen LogP contribution in [0.15, 0.2) is 30.3 Å². The second-order valence-electron chi connectivity index (χ2n) is 4.11. The number of nitrogens with one attached hydrogen (secondary N) is 1. The standard InChI is InChI=1S/C14H18N2O3/c1-17-13-7-5-4-6-10(13)8-11-9-12(16-15-11)14(18-2)19-3/h4-7,9,14H,8H2,1-3H3,(H,15,16). The minimum absolute atomic E-state index is 0.442. The summed E-state index contributed by atoms with van der Waals surface area (Å²) < 4.78 is 15.7. The number of H-pyrrole nitrogens is 1. The van der Waals surface area contributed by atoms with Gasteiger partial charge in [-0.2, -0.15) is 5.10 Å². The number of rotatable bonds is 6. The third-order valence-corrected chi connectivity index (χ3v) is 2.89. The Bertz CT molecular complexity index is 521. The first kappa shape index (κ1) is 13.6. The van der Waals surface area contributed by atoms with Crippen molar-refractivity contribution >= 4 is 0 Å². The molecule has 5 heteroatoms. The van der Waals surface area contributed by atoms with Crippen LogP contribution in [-0.2, 0) is 15.9 Å². The molecule has 1 aromatic heterocycles. The zero-order valence-corrected chi connectivity index (χ0v) is 11.3. The predicted molar refractivity (Wildman–Crippen MR) is 71.1 cm³/mol. The van der Waals surface area contributed by atoms with Crippen LogP contribution < -0.4 is 4.74 Å². The van der Waals surface area contributed by atoms with Gasteiger partial charge in [-0.05, 0) is 12.1 Å². The van der Waals surface area contributed by atoms with Crippen molar-refractivity contribution in [1.29, 1.82) is 0 Å². The van der Waals surface area contributed by atoms with Crippen LogP contribution in [0.2, 0.25) is 0 Å². The number of methoxy groups -OCH3 is 3. The van der Waals surface area contributed by atoms with Gasteiger partial charge in [-0.3, -0.25) is 5.10 Å². The van der Waals surface area contributed by atoms with E-state index in [1.807, 2.05) is 30.3 Å². The zero-order chi connectivity index (χ0) is 13.7. The molecule has 0 saturated carbocycles. The molecule has 0 aliphatic carbocycles. The van der Waals surface area contributed by atoms with E-state index in [9.17, 15) is 0 Å². The Morgan fingerprint density at radius 3 is 2.58 bits per heavy atom. The lowest BCUT2D eigenvalue weighted by molar-refractivity contribution is -0.108. The molecule has 1 aromatic carbocycles. The molecule has 0 fully saturated rings. The van der Waals surface area contributed by atoms with Crippen molar-refractivity contribution in [2.75, 3.05) is 21.3 Å². The van der Waals surface area contributed by atoms with Gasteiger partial charge in [-0.15, -0.1) is 0 Å². The fraction of sp³-hybridized carbons (Fsp3) is 0.357. The lowest BCUT2D eigenvalue weighted by Gasteiger charge is -2.09. The van der Waals surface area contributed by atoms with Gasteiger partial charge in [0.2, 0.25) is 6.29 Å². The monoisotopic (exact) mass is 262 g/mol. The van der Waals surface area contributed by atoms with Gasteiger partial charge in [0.15, 0.2) is 0 Å². The number of nitrogens with zero attached hydrogens (tertiary/aromatic N) is 1. The van der Waals surface area contributed by atoms with Crippen LogP contribution in [0.25, 0.3) is 0 Å². The van der Waals surface area contributed by atoms with Gasteiger partial charge < -0.3 is 14.2 Å². The first-order valence-electron chi connectivity index (χ1n) is 6.00. The quantitative estimate of drug-likeness (QED) is 0.812. The molecule has 0 saturated heterocycles. The third kappa shape index (κ3) is 3.13. The summed E-state index contributed by atoms with van der Waals surface area (Å²) in [5, 5.41) is 7.18. The van der Waals surface area contributed by atoms with Crippen LogP contribution in [0.4, 0.5) is 0 Å². The van der Waals surface area contributed by atoms with E-state index in [2.05, 4.69) is 10.2 Å². The topological polar surface area (TPSA) is 56.4 Å². The molecule has 0 aliphatic heterocycles. The van der Waals surface area contributed by atoms with Gasteiger partial charge in [0.05, 0.1) is 7.11 Å². The lowest BCUT2D eigenvalue weighted by Crippen LogP contribution is -2.03. The second kappa shape index (κ2) is 6.36. The molecule has 1 heterocycles. The van der Waals surface area contributed by atoms with Gasteiger partial charge in [-0.1, -0.05) is 18.2 Å². The number of aromatic nitrogens is 2. The first-order chi connectivity index (χ1) is 9.28. The number of hydrogen-bond donors (Lipinski definition) is 1. The number of benzene rings is 1. The van der Waals surface area contributed by atoms with Crippen molar-refractivity contribution in [2.45, 2.75) is 12.7 Å². The van der Waals surface area contributed by atoms with Gasteiger partial charge >= 0.3 is 0 Å². The summed E-state index contributed by atoms with van der Waals surface area (Å²) >= 11 is 0. The lowest BCUT2D eigenvalue weighted by atomic mass is 10.1. The number of para-hydroxylation sites is 1. The van der Waals surface area contributed by atoms with E-state index in [0.29, 0.717) is 0 Å². The average Bonchev–Trinajstić information content (AvgIpc) is 2.89. The van der Waals surface area contributed by atoms with E-state index in [4.69, 9.17) is 14.2 Å². The van der Waals surface area contributed by atoms with Gasteiger partial charge in [-0.25, -0.2) is 0 Å². The van der Waals surface area contributed by atoms with E-state index in [1.165, 1.54) is 0 Å². The Morgan fingerprint density at radius 1 is 1.16 bits per heavy atom. The summed E-state index contributed by atoms with van der Waals surface area (Å²) in [6.45, 7) is 0. The number of hydrogen-bond acceptors (Lipinski definition) is 4. The van der Waals surface area contributed by atoms with Crippen LogP contribution in [0.3, 0.4) is 0 Å². The van der Waals surface area contributed by atoms with E-state index in [1.54, 1.807) is 21.3 Å². The summed E-state index contributed by atoms with van der Waals surface area (Å²) in [6, 6.07) is 9.85. The Balaban J connectivity index is 2.15. The zero-order valence-electron chi connectivity index (χ0n) is 11.3. The Hall–Kier alpha value is -1.85. The second-order valence-corrected chi connectivity index (χ2v) is 4.11. The van der Waals surface area contributed by atoms with Crippen LogP contribution in [0.5, 0.6) is 5.75 Å². The molecule has 2 rings (SSSR count). The largest absolute Gasteiger partial charge is 0.496 e. The predicted octanol–water partition coefficient (Wildman–Crippen LogP) is 2.30. The van der Waals surface area contributed by atoms with Crippen LogP contribution >= 0.6 is 0 Å². The molecule has 5 nitrogen and oxygen atoms in total. The molecular formula is C14H18N2O3. The molecule has 19 heavy (non-hydrogen) atoms. The molecule has 2 aromatic rings. The fourth-order valence-corrected chi connectivity index (χ4v) is 1.98. The molecule has 102 valence electrons. The molecular weight excluding hydrogens is 244 g/mol. The highest BCUT2D eigenvalue weighted by Crippen LogP contribution is 2.22. The van der Waals surface area contributed by atoms with Crippen molar-refractivity contribution in [1.82, 2.24) is 10.2 Å². The Labute approximate surface area is 112 Å². The first-order valence-corrected chi connectivity index (χ1v) is 6.00. The van der Waals surface area contributed by atoms with E-state index in [0.717, 1.165) is 29.1 Å². The highest BCUT2D eigenvalue weighted by atomic mass is 16.7. The minimum Gasteiger partial charge on any atom is -0.496 e. The van der Waals surface area contributed by atoms with Crippen LogP contribution in [0.1, 0.15) is 23.2 Å². The van der Waals surface area contributed by atoms with Crippen molar-refractivity contribution in [3.63, 3.8) is 0 Å². The van der Waals surface area contributed by atoms with E-state index < -0.39 is 6.29 Å². The Kier molecular flexibility index (Phi) is 4.54. The summed E-state index contributed by atoms with van der Waals surface area (Å²) in [5.74, 6) is 0.869. The third-order valence-electron chi connectivity index (χ3n) is 2.89. The SMILES string of the molecule is COc1ccccc1Cc1cc(C(OC)OC)n[nH]1. The molecule has 0 radical (unpaired) electrons. The summed E-state index contributed by atoms with van der Waals surface area (Å²) in [5.41, 5.74) is 2.82. The molecule has 1 N–H and O–H groups in total. The van der Waals surface area contributed by atoms with Crippen LogP contribution in [-0.4, -0.2) is 31.5 Å². The molecule has 0 amide bonds. The maximum atomic E-state index is 5.33. The van der Waals surface area contributed by atoms with Gasteiger partial charge in [0, 0.05) is 31.9 Å². The van der Waals surface area contributed by atoms with Crippen LogP contribution in [0, 0.1) is 0 Å². The number of ether oxygens (including phenoxy) is 3. The fourth-order valence-electron chi connectivity index (χ4n) is 1.98. The summed E-state index contributed by atoms with van der Waals surface area (Å²) in [4.78, 5) is 0. The van der Waals surface area contributed by atoms with Crippen molar-refractivity contribution in [3.8, 4) is 5.75 Å². The molecule has 0 spiro atoms. The van der Waals surface area contributed by atoms with Crippen molar-refractivity contribution < 1.29 is 14.2 Å². The Morgan fingerprint density at radius 2 is 1.89 bits per heavy atom. The van der Waals surface area contributed by atoms with Gasteiger partial charge in [0.25, 0.3) is 0 Å². The van der Waals surface area contributed by atoms with Crippen molar-refractivity contribution in [3.05, 3.63) is 47.3 Å². The minimum atomic E-state index is -0.442. The maximum absolute atomic E-state index is 5.33. The normalized spacial score (nSPS) is 10.9. The van der Waals surface area contributed by atoms with Crippen molar-refractivity contribution in [2.24, 2.45) is 0 Å². The highest BCUT2D eigenvalue weighted by Gasteiger charge is 2.13. The maximum Gasteiger partial charge on any atom is 0.202 e. The van der Waals surface area contributed by atoms with Gasteiger partial charge in [0.1, 0.15) is 11.4 Å². The van der Waals surface area contributed by atoms with E-state index >= 15 is 0 Å². The molecule has 0 aliphatic rings. The summed E-state index contributed by atoms with van der Waals surface area (Å²) in [7, 11) is 4.84. The van der Waals surface area contributed by atoms with E-state index in [-0.39, 0.29) is 0 Å². The smallest absolute Gasteiger partial charge is 0.202 e. The summed E-state index contributed by atoms with van der Waals surface area (Å²) in [6.07, 6.45) is 0.277. The molecule has 0 atom stereocenters. The molecule has 0 unspecified atom stereocenters. The average molecular weight is 262 g/mol. The molecule has 0 bridgehead atoms. The highest BCUT2D eigenvalue weighted by molar-refractivity contribution is 5.36. The number of aromatic amines is 1.